The summed E-state index contributed by atoms with van der Waals surface area (Å²) >= 11 is 0. The van der Waals surface area contributed by atoms with Gasteiger partial charge in [-0.05, 0) is 39.0 Å². The Morgan fingerprint density at radius 2 is 2.00 bits per heavy atom. The third-order valence-electron chi connectivity index (χ3n) is 3.36. The Morgan fingerprint density at radius 1 is 1.22 bits per heavy atom. The van der Waals surface area contributed by atoms with Crippen molar-refractivity contribution in [3.05, 3.63) is 47.8 Å². The Hall–Kier alpha value is -2.50. The van der Waals surface area contributed by atoms with Crippen LogP contribution >= 0.6 is 0 Å². The van der Waals surface area contributed by atoms with Crippen LogP contribution in [0.5, 0.6) is 0 Å². The van der Waals surface area contributed by atoms with Crippen LogP contribution in [0.2, 0.25) is 0 Å². The van der Waals surface area contributed by atoms with E-state index < -0.39 is 0 Å². The largest absolute Gasteiger partial charge is 0.469 e. The molecule has 0 radical (unpaired) electrons. The summed E-state index contributed by atoms with van der Waals surface area (Å²) in [7, 11) is 0. The fourth-order valence-electron chi connectivity index (χ4n) is 2.25. The average molecular weight is 318 g/mol. The smallest absolute Gasteiger partial charge is 0.257 e. The van der Waals surface area contributed by atoms with Gasteiger partial charge < -0.3 is 19.1 Å². The maximum Gasteiger partial charge on any atom is 0.257 e. The molecule has 0 fully saturated rings. The highest BCUT2D eigenvalue weighted by molar-refractivity contribution is 5.95. The molecule has 0 atom stereocenters. The predicted octanol–water partition coefficient (Wildman–Crippen LogP) is 2.74. The van der Waals surface area contributed by atoms with Gasteiger partial charge in [-0.1, -0.05) is 0 Å². The van der Waals surface area contributed by atoms with Gasteiger partial charge in [0.2, 0.25) is 5.91 Å². The first kappa shape index (κ1) is 16.9. The summed E-state index contributed by atoms with van der Waals surface area (Å²) in [4.78, 5) is 26.1. The molecule has 2 aromatic heterocycles. The molecule has 0 aliphatic rings. The molecule has 6 heteroatoms. The van der Waals surface area contributed by atoms with Gasteiger partial charge in [0.25, 0.3) is 5.91 Å². The standard InChI is InChI=1S/C17H22N2O4/c1-12(2)18-16(20)6-8-19(11-14-5-4-9-23-14)17(21)15-7-10-22-13(15)3/h4-5,7,9-10,12H,6,8,11H2,1-3H3,(H,18,20). The van der Waals surface area contributed by atoms with Crippen LogP contribution in [-0.4, -0.2) is 29.3 Å². The van der Waals surface area contributed by atoms with Crippen LogP contribution in [0.1, 0.15) is 42.1 Å². The fraction of sp³-hybridized carbons (Fsp3) is 0.412. The number of amides is 2. The highest BCUT2D eigenvalue weighted by atomic mass is 16.3. The lowest BCUT2D eigenvalue weighted by atomic mass is 10.2. The van der Waals surface area contributed by atoms with Crippen molar-refractivity contribution in [3.63, 3.8) is 0 Å². The molecule has 0 aromatic carbocycles. The Morgan fingerprint density at radius 3 is 2.57 bits per heavy atom. The first-order valence-corrected chi connectivity index (χ1v) is 7.62. The highest BCUT2D eigenvalue weighted by Crippen LogP contribution is 2.15. The van der Waals surface area contributed by atoms with Crippen molar-refractivity contribution >= 4 is 11.8 Å². The minimum Gasteiger partial charge on any atom is -0.469 e. The monoisotopic (exact) mass is 318 g/mol. The van der Waals surface area contributed by atoms with Gasteiger partial charge in [0.05, 0.1) is 24.6 Å². The maximum atomic E-state index is 12.7. The molecule has 0 aliphatic heterocycles. The molecule has 0 unspecified atom stereocenters. The van der Waals surface area contributed by atoms with Gasteiger partial charge in [-0.2, -0.15) is 0 Å². The Kier molecular flexibility index (Phi) is 5.62. The van der Waals surface area contributed by atoms with Crippen LogP contribution in [0.25, 0.3) is 0 Å². The minimum absolute atomic E-state index is 0.0767. The molecule has 2 heterocycles. The van der Waals surface area contributed by atoms with Crippen LogP contribution in [-0.2, 0) is 11.3 Å². The lowest BCUT2D eigenvalue weighted by Gasteiger charge is -2.21. The van der Waals surface area contributed by atoms with Crippen molar-refractivity contribution in [3.8, 4) is 0 Å². The van der Waals surface area contributed by atoms with E-state index in [4.69, 9.17) is 8.83 Å². The Balaban J connectivity index is 2.07. The highest BCUT2D eigenvalue weighted by Gasteiger charge is 2.21. The zero-order chi connectivity index (χ0) is 16.8. The molecular formula is C17H22N2O4. The third kappa shape index (κ3) is 4.74. The minimum atomic E-state index is -0.176. The topological polar surface area (TPSA) is 75.7 Å². The number of aryl methyl sites for hydroxylation is 1. The summed E-state index contributed by atoms with van der Waals surface area (Å²) in [6, 6.07) is 5.29. The molecule has 0 saturated carbocycles. The lowest BCUT2D eigenvalue weighted by Crippen LogP contribution is -2.36. The van der Waals surface area contributed by atoms with E-state index in [2.05, 4.69) is 5.32 Å². The first-order valence-electron chi connectivity index (χ1n) is 7.62. The van der Waals surface area contributed by atoms with Gasteiger partial charge in [-0.15, -0.1) is 0 Å². The van der Waals surface area contributed by atoms with Crippen molar-refractivity contribution < 1.29 is 18.4 Å². The number of hydrogen-bond donors (Lipinski definition) is 1. The number of carbonyl (C=O) groups excluding carboxylic acids is 2. The zero-order valence-corrected chi connectivity index (χ0v) is 13.7. The molecule has 6 nitrogen and oxygen atoms in total. The maximum absolute atomic E-state index is 12.7. The van der Waals surface area contributed by atoms with E-state index in [-0.39, 0.29) is 24.3 Å². The van der Waals surface area contributed by atoms with Crippen molar-refractivity contribution in [1.82, 2.24) is 10.2 Å². The van der Waals surface area contributed by atoms with Crippen LogP contribution in [0.4, 0.5) is 0 Å². The quantitative estimate of drug-likeness (QED) is 0.851. The van der Waals surface area contributed by atoms with Crippen molar-refractivity contribution in [2.24, 2.45) is 0 Å². The van der Waals surface area contributed by atoms with Gasteiger partial charge in [0, 0.05) is 19.0 Å². The van der Waals surface area contributed by atoms with E-state index in [1.807, 2.05) is 13.8 Å². The third-order valence-corrected chi connectivity index (χ3v) is 3.36. The van der Waals surface area contributed by atoms with Gasteiger partial charge in [-0.3, -0.25) is 9.59 Å². The summed E-state index contributed by atoms with van der Waals surface area (Å²) in [6.07, 6.45) is 3.28. The summed E-state index contributed by atoms with van der Waals surface area (Å²) in [5.74, 6) is 0.973. The summed E-state index contributed by atoms with van der Waals surface area (Å²) in [5, 5.41) is 2.82. The number of nitrogens with zero attached hydrogens (tertiary/aromatic N) is 1. The molecule has 23 heavy (non-hydrogen) atoms. The van der Waals surface area contributed by atoms with Gasteiger partial charge in [0.1, 0.15) is 11.5 Å². The Labute approximate surface area is 135 Å². The fourth-order valence-corrected chi connectivity index (χ4v) is 2.25. The van der Waals surface area contributed by atoms with Crippen LogP contribution in [0.15, 0.2) is 39.6 Å². The summed E-state index contributed by atoms with van der Waals surface area (Å²) in [5.41, 5.74) is 0.501. The number of nitrogens with one attached hydrogen (secondary N) is 1. The molecule has 124 valence electrons. The van der Waals surface area contributed by atoms with E-state index in [1.54, 1.807) is 36.3 Å². The molecule has 0 aliphatic carbocycles. The predicted molar refractivity (Wildman–Crippen MR) is 84.8 cm³/mol. The van der Waals surface area contributed by atoms with Gasteiger partial charge in [-0.25, -0.2) is 0 Å². The van der Waals surface area contributed by atoms with E-state index in [1.165, 1.54) is 6.26 Å². The second-order valence-electron chi connectivity index (χ2n) is 5.67. The number of hydrogen-bond acceptors (Lipinski definition) is 4. The SMILES string of the molecule is Cc1occc1C(=O)N(CCC(=O)NC(C)C)Cc1ccco1. The van der Waals surface area contributed by atoms with Crippen LogP contribution in [0, 0.1) is 6.92 Å². The molecule has 2 aromatic rings. The molecule has 2 rings (SSSR count). The molecule has 0 saturated heterocycles. The molecule has 0 spiro atoms. The number of carbonyl (C=O) groups is 2. The van der Waals surface area contributed by atoms with Crippen molar-refractivity contribution in [2.45, 2.75) is 39.8 Å². The second-order valence-corrected chi connectivity index (χ2v) is 5.67. The van der Waals surface area contributed by atoms with Crippen molar-refractivity contribution in [2.75, 3.05) is 6.54 Å². The van der Waals surface area contributed by atoms with E-state index in [0.717, 1.165) is 0 Å². The second kappa shape index (κ2) is 7.67. The molecular weight excluding hydrogens is 296 g/mol. The average Bonchev–Trinajstić information content (AvgIpc) is 3.13. The lowest BCUT2D eigenvalue weighted by molar-refractivity contribution is -0.121. The Bertz CT molecular complexity index is 643. The summed E-state index contributed by atoms with van der Waals surface area (Å²) in [6.45, 7) is 6.16. The van der Waals surface area contributed by atoms with Crippen molar-refractivity contribution in [1.29, 1.82) is 0 Å². The van der Waals surface area contributed by atoms with E-state index >= 15 is 0 Å². The number of furan rings is 2. The van der Waals surface area contributed by atoms with Gasteiger partial charge in [0.15, 0.2) is 0 Å². The van der Waals surface area contributed by atoms with E-state index in [0.29, 0.717) is 30.2 Å². The van der Waals surface area contributed by atoms with Crippen LogP contribution < -0.4 is 5.32 Å². The normalized spacial score (nSPS) is 10.8. The van der Waals surface area contributed by atoms with Crippen LogP contribution in [0.3, 0.4) is 0 Å². The molecule has 1 N–H and O–H groups in total. The number of rotatable bonds is 7. The summed E-state index contributed by atoms with van der Waals surface area (Å²) < 4.78 is 10.5. The molecule has 0 bridgehead atoms. The molecule has 2 amide bonds. The van der Waals surface area contributed by atoms with Gasteiger partial charge >= 0.3 is 0 Å². The van der Waals surface area contributed by atoms with E-state index in [9.17, 15) is 9.59 Å². The zero-order valence-electron chi connectivity index (χ0n) is 13.7. The first-order chi connectivity index (χ1) is 11.0.